The Labute approximate surface area is 191 Å². The van der Waals surface area contributed by atoms with Crippen molar-refractivity contribution in [2.75, 3.05) is 18.0 Å². The summed E-state index contributed by atoms with van der Waals surface area (Å²) in [6.45, 7) is 1.52. The van der Waals surface area contributed by atoms with E-state index in [1.165, 1.54) is 0 Å². The van der Waals surface area contributed by atoms with Crippen LogP contribution in [-0.2, 0) is 0 Å². The van der Waals surface area contributed by atoms with Gasteiger partial charge in [-0.1, -0.05) is 35.9 Å². The third kappa shape index (κ3) is 4.69. The van der Waals surface area contributed by atoms with Gasteiger partial charge in [-0.05, 0) is 77.9 Å². The summed E-state index contributed by atoms with van der Waals surface area (Å²) in [4.78, 5) is 24.6. The van der Waals surface area contributed by atoms with Crippen molar-refractivity contribution in [2.24, 2.45) is 5.92 Å². The van der Waals surface area contributed by atoms with Gasteiger partial charge in [0.1, 0.15) is 6.29 Å². The number of benzene rings is 3. The highest BCUT2D eigenvalue weighted by Crippen LogP contribution is 2.37. The van der Waals surface area contributed by atoms with Gasteiger partial charge in [0.25, 0.3) is 0 Å². The molecule has 164 valence electrons. The monoisotopic (exact) mass is 449 g/mol. The SMILES string of the molecule is O=Cc1ccc(-c2ccc(Cl)cc2)c(C(O)C2CCN(c3ccc(C(=O)O)cc3)CC2)c1. The topological polar surface area (TPSA) is 77.8 Å². The van der Waals surface area contributed by atoms with E-state index in [0.717, 1.165) is 54.6 Å². The average Bonchev–Trinajstić information content (AvgIpc) is 2.84. The Hall–Kier alpha value is -3.15. The van der Waals surface area contributed by atoms with Crippen molar-refractivity contribution in [3.8, 4) is 11.1 Å². The van der Waals surface area contributed by atoms with Gasteiger partial charge < -0.3 is 15.1 Å². The zero-order valence-electron chi connectivity index (χ0n) is 17.4. The predicted molar refractivity (Wildman–Crippen MR) is 126 cm³/mol. The first-order chi connectivity index (χ1) is 15.5. The van der Waals surface area contributed by atoms with Gasteiger partial charge in [0.05, 0.1) is 11.7 Å². The number of carboxylic acids is 1. The molecule has 0 saturated carbocycles. The number of aliphatic hydroxyl groups is 1. The quantitative estimate of drug-likeness (QED) is 0.488. The molecule has 5 nitrogen and oxygen atoms in total. The molecule has 1 atom stereocenters. The number of hydrogen-bond acceptors (Lipinski definition) is 4. The summed E-state index contributed by atoms with van der Waals surface area (Å²) in [7, 11) is 0. The molecular formula is C26H24ClNO4. The van der Waals surface area contributed by atoms with Crippen LogP contribution in [-0.4, -0.2) is 35.6 Å². The summed E-state index contributed by atoms with van der Waals surface area (Å²) in [6, 6.07) is 19.8. The van der Waals surface area contributed by atoms with Gasteiger partial charge in [0.15, 0.2) is 0 Å². The van der Waals surface area contributed by atoms with Crippen LogP contribution >= 0.6 is 11.6 Å². The molecule has 1 aliphatic rings. The lowest BCUT2D eigenvalue weighted by molar-refractivity contribution is 0.0696. The van der Waals surface area contributed by atoms with E-state index in [9.17, 15) is 14.7 Å². The molecule has 0 spiro atoms. The number of halogens is 1. The lowest BCUT2D eigenvalue weighted by Gasteiger charge is -2.36. The second-order valence-electron chi connectivity index (χ2n) is 8.09. The van der Waals surface area contributed by atoms with Crippen molar-refractivity contribution in [3.05, 3.63) is 88.4 Å². The van der Waals surface area contributed by atoms with Crippen molar-refractivity contribution in [1.29, 1.82) is 0 Å². The van der Waals surface area contributed by atoms with Crippen LogP contribution in [0.1, 0.15) is 45.2 Å². The number of piperidine rings is 1. The van der Waals surface area contributed by atoms with Crippen molar-refractivity contribution < 1.29 is 19.8 Å². The summed E-state index contributed by atoms with van der Waals surface area (Å²) in [6.07, 6.45) is 1.67. The number of rotatable bonds is 6. The van der Waals surface area contributed by atoms with E-state index >= 15 is 0 Å². The van der Waals surface area contributed by atoms with Gasteiger partial charge >= 0.3 is 5.97 Å². The molecule has 0 amide bonds. The molecule has 4 rings (SSSR count). The summed E-state index contributed by atoms with van der Waals surface area (Å²) >= 11 is 6.03. The molecule has 0 radical (unpaired) electrons. The van der Waals surface area contributed by atoms with Gasteiger partial charge in [0.2, 0.25) is 0 Å². The smallest absolute Gasteiger partial charge is 0.335 e. The molecule has 3 aromatic carbocycles. The second-order valence-corrected chi connectivity index (χ2v) is 8.53. The maximum absolute atomic E-state index is 11.4. The maximum atomic E-state index is 11.4. The minimum Gasteiger partial charge on any atom is -0.478 e. The number of aldehydes is 1. The zero-order chi connectivity index (χ0) is 22.7. The molecule has 0 aliphatic carbocycles. The third-order valence-corrected chi connectivity index (χ3v) is 6.40. The number of aromatic carboxylic acids is 1. The van der Waals surface area contributed by atoms with Crippen LogP contribution in [0.5, 0.6) is 0 Å². The van der Waals surface area contributed by atoms with Crippen molar-refractivity contribution >= 4 is 29.5 Å². The molecule has 1 fully saturated rings. The summed E-state index contributed by atoms with van der Waals surface area (Å²) in [5.41, 5.74) is 4.37. The fraction of sp³-hybridized carbons (Fsp3) is 0.231. The molecule has 1 aliphatic heterocycles. The normalized spacial score (nSPS) is 15.4. The van der Waals surface area contributed by atoms with E-state index in [1.807, 2.05) is 42.5 Å². The van der Waals surface area contributed by atoms with Crippen LogP contribution in [0.25, 0.3) is 11.1 Å². The van der Waals surface area contributed by atoms with Crippen LogP contribution in [0.15, 0.2) is 66.7 Å². The maximum Gasteiger partial charge on any atom is 0.335 e. The van der Waals surface area contributed by atoms with Gasteiger partial charge in [-0.2, -0.15) is 0 Å². The number of anilines is 1. The third-order valence-electron chi connectivity index (χ3n) is 6.15. The second kappa shape index (κ2) is 9.55. The Kier molecular flexibility index (Phi) is 6.58. The first-order valence-corrected chi connectivity index (χ1v) is 11.0. The average molecular weight is 450 g/mol. The standard InChI is InChI=1S/C26H24ClNO4/c27-21-6-2-18(3-7-21)23-10-1-17(16-29)15-24(23)25(30)19-11-13-28(14-12-19)22-8-4-20(5-9-22)26(31)32/h1-10,15-16,19,25,30H,11-14H2,(H,31,32). The number of carbonyl (C=O) groups is 2. The number of aliphatic hydroxyl groups excluding tert-OH is 1. The highest BCUT2D eigenvalue weighted by molar-refractivity contribution is 6.30. The Bertz CT molecular complexity index is 1100. The molecule has 0 aromatic heterocycles. The van der Waals surface area contributed by atoms with Gasteiger partial charge in [-0.25, -0.2) is 4.79 Å². The van der Waals surface area contributed by atoms with Crippen LogP contribution in [0.4, 0.5) is 5.69 Å². The van der Waals surface area contributed by atoms with Crippen LogP contribution < -0.4 is 4.90 Å². The molecule has 1 heterocycles. The largest absolute Gasteiger partial charge is 0.478 e. The van der Waals surface area contributed by atoms with Gasteiger partial charge in [-0.3, -0.25) is 4.79 Å². The molecule has 0 bridgehead atoms. The van der Waals surface area contributed by atoms with Crippen molar-refractivity contribution in [1.82, 2.24) is 0 Å². The lowest BCUT2D eigenvalue weighted by atomic mass is 9.83. The molecule has 2 N–H and O–H groups in total. The molecule has 1 saturated heterocycles. The van der Waals surface area contributed by atoms with Crippen LogP contribution in [0, 0.1) is 5.92 Å². The summed E-state index contributed by atoms with van der Waals surface area (Å²) < 4.78 is 0. The molecular weight excluding hydrogens is 426 g/mol. The Morgan fingerprint density at radius 1 is 1.00 bits per heavy atom. The first kappa shape index (κ1) is 22.1. The van der Waals surface area contributed by atoms with Crippen molar-refractivity contribution in [2.45, 2.75) is 18.9 Å². The molecule has 32 heavy (non-hydrogen) atoms. The molecule has 3 aromatic rings. The van der Waals surface area contributed by atoms with E-state index in [0.29, 0.717) is 10.6 Å². The van der Waals surface area contributed by atoms with E-state index in [2.05, 4.69) is 4.90 Å². The summed E-state index contributed by atoms with van der Waals surface area (Å²) in [5, 5.41) is 21.0. The Morgan fingerprint density at radius 2 is 1.66 bits per heavy atom. The number of nitrogens with zero attached hydrogens (tertiary/aromatic N) is 1. The van der Waals surface area contributed by atoms with Crippen molar-refractivity contribution in [3.63, 3.8) is 0 Å². The fourth-order valence-electron chi connectivity index (χ4n) is 4.33. The molecule has 6 heteroatoms. The minimum absolute atomic E-state index is 0.0532. The summed E-state index contributed by atoms with van der Waals surface area (Å²) in [5.74, 6) is -0.884. The zero-order valence-corrected chi connectivity index (χ0v) is 18.2. The van der Waals surface area contributed by atoms with E-state index in [4.69, 9.17) is 16.7 Å². The van der Waals surface area contributed by atoms with E-state index in [-0.39, 0.29) is 11.5 Å². The Balaban J connectivity index is 1.52. The Morgan fingerprint density at radius 3 is 2.25 bits per heavy atom. The first-order valence-electron chi connectivity index (χ1n) is 10.6. The molecule has 1 unspecified atom stereocenters. The van der Waals surface area contributed by atoms with Crippen LogP contribution in [0.3, 0.4) is 0 Å². The van der Waals surface area contributed by atoms with Crippen LogP contribution in [0.2, 0.25) is 5.02 Å². The number of hydrogen-bond donors (Lipinski definition) is 2. The predicted octanol–water partition coefficient (Wildman–Crippen LogP) is 5.47. The number of carboxylic acid groups (broad SMARTS) is 1. The highest BCUT2D eigenvalue weighted by atomic mass is 35.5. The lowest BCUT2D eigenvalue weighted by Crippen LogP contribution is -2.35. The minimum atomic E-state index is -0.938. The van der Waals surface area contributed by atoms with E-state index < -0.39 is 12.1 Å². The fourth-order valence-corrected chi connectivity index (χ4v) is 4.46. The number of carbonyl (C=O) groups excluding carboxylic acids is 1. The van der Waals surface area contributed by atoms with Gasteiger partial charge in [-0.15, -0.1) is 0 Å². The van der Waals surface area contributed by atoms with Gasteiger partial charge in [0, 0.05) is 29.4 Å². The highest BCUT2D eigenvalue weighted by Gasteiger charge is 2.28. The van der Waals surface area contributed by atoms with E-state index in [1.54, 1.807) is 24.3 Å².